The number of carbonyl (C=O) groups is 2. The van der Waals surface area contributed by atoms with E-state index in [-0.39, 0.29) is 23.4 Å². The molecule has 3 aromatic rings. The van der Waals surface area contributed by atoms with Gasteiger partial charge < -0.3 is 10.2 Å². The zero-order chi connectivity index (χ0) is 22.5. The van der Waals surface area contributed by atoms with Gasteiger partial charge in [-0.25, -0.2) is 0 Å². The number of nitrogens with zero attached hydrogens (tertiary/aromatic N) is 2. The summed E-state index contributed by atoms with van der Waals surface area (Å²) in [4.78, 5) is 27.3. The van der Waals surface area contributed by atoms with E-state index in [1.807, 2.05) is 55.1 Å². The van der Waals surface area contributed by atoms with Gasteiger partial charge >= 0.3 is 0 Å². The Morgan fingerprint density at radius 3 is 2.59 bits per heavy atom. The molecule has 5 rings (SSSR count). The van der Waals surface area contributed by atoms with Gasteiger partial charge in [0.15, 0.2) is 0 Å². The van der Waals surface area contributed by atoms with Crippen LogP contribution in [0.4, 0.5) is 5.69 Å². The molecular formula is C26H25N3O2S. The molecule has 2 amide bonds. The number of fused-ring (bicyclic) bond motifs is 1. The summed E-state index contributed by atoms with van der Waals surface area (Å²) in [5.74, 6) is 6.00. The highest BCUT2D eigenvalue weighted by molar-refractivity contribution is 7.13. The molecule has 0 unspecified atom stereocenters. The summed E-state index contributed by atoms with van der Waals surface area (Å²) in [7, 11) is 0. The average Bonchev–Trinajstić information content (AvgIpc) is 3.39. The van der Waals surface area contributed by atoms with Crippen molar-refractivity contribution in [1.29, 1.82) is 0 Å². The van der Waals surface area contributed by atoms with Gasteiger partial charge in [0.1, 0.15) is 5.69 Å². The summed E-state index contributed by atoms with van der Waals surface area (Å²) in [6.45, 7) is 5.83. The second kappa shape index (κ2) is 7.46. The van der Waals surface area contributed by atoms with Crippen molar-refractivity contribution in [2.75, 3.05) is 4.90 Å². The van der Waals surface area contributed by atoms with Crippen LogP contribution >= 0.6 is 11.5 Å². The van der Waals surface area contributed by atoms with Crippen LogP contribution in [0.2, 0.25) is 0 Å². The molecule has 1 aliphatic carbocycles. The number of aromatic nitrogens is 1. The summed E-state index contributed by atoms with van der Waals surface area (Å²) in [5.41, 5.74) is 1.73. The van der Waals surface area contributed by atoms with E-state index in [0.29, 0.717) is 0 Å². The molecule has 0 bridgehead atoms. The number of hydrogen-bond donors (Lipinski definition) is 1. The fraction of sp³-hybridized carbons (Fsp3) is 0.346. The van der Waals surface area contributed by atoms with Crippen LogP contribution in [0, 0.1) is 23.2 Å². The zero-order valence-electron chi connectivity index (χ0n) is 18.4. The Morgan fingerprint density at radius 1 is 1.19 bits per heavy atom. The molecule has 2 fully saturated rings. The second-order valence-electron chi connectivity index (χ2n) is 9.24. The monoisotopic (exact) mass is 443 g/mol. The molecule has 1 saturated heterocycles. The Labute approximate surface area is 192 Å². The first-order chi connectivity index (χ1) is 15.4. The lowest BCUT2D eigenvalue weighted by molar-refractivity contribution is -0.126. The van der Waals surface area contributed by atoms with Gasteiger partial charge in [-0.3, -0.25) is 9.59 Å². The van der Waals surface area contributed by atoms with Crippen LogP contribution in [0.15, 0.2) is 48.5 Å². The van der Waals surface area contributed by atoms with Crippen LogP contribution in [0.5, 0.6) is 0 Å². The topological polar surface area (TPSA) is 62.3 Å². The van der Waals surface area contributed by atoms with E-state index < -0.39 is 5.41 Å². The minimum absolute atomic E-state index is 0.0474. The Balaban J connectivity index is 1.68. The third-order valence-electron chi connectivity index (χ3n) is 6.99. The standard InChI is InChI=1S/C26H25N3O2S/c1-4-8-20-19-12-11-18(15-21(19)32-28-20)29-22(17-9-6-5-7-10-17)23(25(2,3)24(29)31)26(13-14-26)27-16-30/h5-7,9-12,15-16,22-23H,13-14H2,1-3H3,(H,27,30)/t22-,23+/m0/s1. The van der Waals surface area contributed by atoms with Crippen molar-refractivity contribution < 1.29 is 9.59 Å². The highest BCUT2D eigenvalue weighted by Gasteiger charge is 2.66. The number of rotatable bonds is 5. The third kappa shape index (κ3) is 3.03. The SMILES string of the molecule is CC#Cc1nsc2cc(N3C(=O)C(C)(C)[C@H](C4(NC=O)CC4)[C@@H]3c3ccccc3)ccc12. The van der Waals surface area contributed by atoms with E-state index in [1.54, 1.807) is 6.92 Å². The minimum Gasteiger partial charge on any atom is -0.353 e. The minimum atomic E-state index is -0.630. The number of hydrogen-bond acceptors (Lipinski definition) is 4. The zero-order valence-corrected chi connectivity index (χ0v) is 19.2. The molecule has 2 heterocycles. The maximum atomic E-state index is 13.9. The van der Waals surface area contributed by atoms with E-state index in [2.05, 4.69) is 33.7 Å². The van der Waals surface area contributed by atoms with Gasteiger partial charge in [0.2, 0.25) is 12.3 Å². The highest BCUT2D eigenvalue weighted by Crippen LogP contribution is 2.61. The number of anilines is 1. The van der Waals surface area contributed by atoms with Gasteiger partial charge in [0, 0.05) is 22.5 Å². The maximum absolute atomic E-state index is 13.9. The van der Waals surface area contributed by atoms with Crippen molar-refractivity contribution in [3.63, 3.8) is 0 Å². The number of benzene rings is 2. The van der Waals surface area contributed by atoms with Crippen molar-refractivity contribution in [3.05, 3.63) is 59.8 Å². The summed E-state index contributed by atoms with van der Waals surface area (Å²) < 4.78 is 5.49. The Bertz CT molecular complexity index is 1260. The first-order valence-electron chi connectivity index (χ1n) is 10.8. The number of nitrogens with one attached hydrogen (secondary N) is 1. The van der Waals surface area contributed by atoms with Crippen LogP contribution in [0.1, 0.15) is 50.9 Å². The van der Waals surface area contributed by atoms with Crippen LogP contribution < -0.4 is 10.2 Å². The largest absolute Gasteiger partial charge is 0.353 e. The molecule has 1 N–H and O–H groups in total. The first kappa shape index (κ1) is 20.7. The summed E-state index contributed by atoms with van der Waals surface area (Å²) in [6.07, 6.45) is 2.56. The molecule has 6 heteroatoms. The fourth-order valence-electron chi connectivity index (χ4n) is 5.46. The molecule has 0 radical (unpaired) electrons. The normalized spacial score (nSPS) is 23.0. The van der Waals surface area contributed by atoms with Gasteiger partial charge in [0.25, 0.3) is 0 Å². The lowest BCUT2D eigenvalue weighted by Gasteiger charge is -2.36. The van der Waals surface area contributed by atoms with Crippen molar-refractivity contribution in [3.8, 4) is 11.8 Å². The van der Waals surface area contributed by atoms with Crippen LogP contribution in [0.25, 0.3) is 10.1 Å². The van der Waals surface area contributed by atoms with Crippen molar-refractivity contribution in [1.82, 2.24) is 9.69 Å². The van der Waals surface area contributed by atoms with Crippen LogP contribution in [0.3, 0.4) is 0 Å². The van der Waals surface area contributed by atoms with Gasteiger partial charge in [-0.2, -0.15) is 4.37 Å². The van der Waals surface area contributed by atoms with E-state index >= 15 is 0 Å². The molecule has 2 aliphatic rings. The summed E-state index contributed by atoms with van der Waals surface area (Å²) in [6, 6.07) is 16.1. The van der Waals surface area contributed by atoms with E-state index in [1.165, 1.54) is 11.5 Å². The van der Waals surface area contributed by atoms with Crippen molar-refractivity contribution >= 4 is 39.6 Å². The molecule has 5 nitrogen and oxygen atoms in total. The molecule has 1 aliphatic heterocycles. The molecule has 2 aromatic carbocycles. The highest BCUT2D eigenvalue weighted by atomic mass is 32.1. The smallest absolute Gasteiger partial charge is 0.233 e. The van der Waals surface area contributed by atoms with Gasteiger partial charge in [0.05, 0.1) is 16.2 Å². The van der Waals surface area contributed by atoms with Gasteiger partial charge in [-0.1, -0.05) is 50.1 Å². The molecule has 32 heavy (non-hydrogen) atoms. The van der Waals surface area contributed by atoms with Gasteiger partial charge in [-0.15, -0.1) is 0 Å². The number of amides is 2. The average molecular weight is 444 g/mol. The van der Waals surface area contributed by atoms with Crippen molar-refractivity contribution in [2.45, 2.75) is 45.2 Å². The fourth-order valence-corrected chi connectivity index (χ4v) is 6.23. The molecule has 162 valence electrons. The molecular weight excluding hydrogens is 418 g/mol. The first-order valence-corrected chi connectivity index (χ1v) is 11.6. The van der Waals surface area contributed by atoms with Crippen LogP contribution in [-0.2, 0) is 9.59 Å². The Kier molecular flexibility index (Phi) is 4.83. The maximum Gasteiger partial charge on any atom is 0.233 e. The quantitative estimate of drug-likeness (QED) is 0.460. The van der Waals surface area contributed by atoms with E-state index in [0.717, 1.165) is 46.3 Å². The van der Waals surface area contributed by atoms with Crippen molar-refractivity contribution in [2.24, 2.45) is 11.3 Å². The lowest BCUT2D eigenvalue weighted by Crippen LogP contribution is -2.46. The summed E-state index contributed by atoms with van der Waals surface area (Å²) in [5, 5.41) is 4.09. The second-order valence-corrected chi connectivity index (χ2v) is 10.0. The Hall–Kier alpha value is -3.17. The number of carbonyl (C=O) groups excluding carboxylic acids is 2. The summed E-state index contributed by atoms with van der Waals surface area (Å²) >= 11 is 1.40. The third-order valence-corrected chi connectivity index (χ3v) is 7.80. The van der Waals surface area contributed by atoms with Crippen LogP contribution in [-0.4, -0.2) is 22.2 Å². The van der Waals surface area contributed by atoms with E-state index in [9.17, 15) is 9.59 Å². The van der Waals surface area contributed by atoms with E-state index in [4.69, 9.17) is 0 Å². The predicted molar refractivity (Wildman–Crippen MR) is 127 cm³/mol. The molecule has 1 aromatic heterocycles. The lowest BCUT2D eigenvalue weighted by atomic mass is 9.71. The Morgan fingerprint density at radius 2 is 1.94 bits per heavy atom. The molecule has 1 saturated carbocycles. The molecule has 0 spiro atoms. The van der Waals surface area contributed by atoms with Gasteiger partial charge in [-0.05, 0) is 61.0 Å². The molecule has 2 atom stereocenters. The predicted octanol–water partition coefficient (Wildman–Crippen LogP) is 4.68.